The molecule has 32 heavy (non-hydrogen) atoms. The monoisotopic (exact) mass is 457 g/mol. The molecule has 9 nitrogen and oxygen atoms in total. The standard InChI is InChI=1S/C22H28ClN7O2/c1-22(2,3)13-32-21-25-19-18(20(26-21)29-9-8-14(11-29)10-17(24)31)27-30(28-19)12-15-6-4-5-7-16(15)23/h4-7,14H,8-13H2,1-3H3,(H2,24,31)/t14-/m0/s1. The van der Waals surface area contributed by atoms with Crippen LogP contribution in [-0.2, 0) is 11.3 Å². The predicted octanol–water partition coefficient (Wildman–Crippen LogP) is 3.05. The fourth-order valence-electron chi connectivity index (χ4n) is 3.71. The average Bonchev–Trinajstić information content (AvgIpc) is 3.33. The molecule has 1 aromatic carbocycles. The van der Waals surface area contributed by atoms with E-state index in [4.69, 9.17) is 22.1 Å². The Labute approximate surface area is 191 Å². The van der Waals surface area contributed by atoms with Gasteiger partial charge in [0.25, 0.3) is 0 Å². The highest BCUT2D eigenvalue weighted by Gasteiger charge is 2.28. The number of hydrogen-bond donors (Lipinski definition) is 1. The van der Waals surface area contributed by atoms with Gasteiger partial charge in [-0.05, 0) is 29.4 Å². The molecular weight excluding hydrogens is 430 g/mol. The van der Waals surface area contributed by atoms with Gasteiger partial charge in [0.1, 0.15) is 0 Å². The summed E-state index contributed by atoms with van der Waals surface area (Å²) in [6.45, 7) is 8.56. The molecule has 10 heteroatoms. The van der Waals surface area contributed by atoms with E-state index in [1.807, 2.05) is 24.3 Å². The summed E-state index contributed by atoms with van der Waals surface area (Å²) in [5.41, 5.74) is 7.33. The molecule has 3 aromatic rings. The number of aromatic nitrogens is 5. The van der Waals surface area contributed by atoms with Crippen molar-refractivity contribution in [1.29, 1.82) is 0 Å². The summed E-state index contributed by atoms with van der Waals surface area (Å²) in [7, 11) is 0. The van der Waals surface area contributed by atoms with Crippen molar-refractivity contribution in [1.82, 2.24) is 25.0 Å². The number of anilines is 1. The average molecular weight is 458 g/mol. The first-order valence-corrected chi connectivity index (χ1v) is 11.1. The van der Waals surface area contributed by atoms with Crippen LogP contribution >= 0.6 is 11.6 Å². The van der Waals surface area contributed by atoms with Crippen LogP contribution in [0.2, 0.25) is 5.02 Å². The minimum atomic E-state index is -0.287. The number of nitrogens with zero attached hydrogens (tertiary/aromatic N) is 6. The maximum Gasteiger partial charge on any atom is 0.320 e. The van der Waals surface area contributed by atoms with E-state index in [0.29, 0.717) is 48.1 Å². The van der Waals surface area contributed by atoms with E-state index in [2.05, 4.69) is 45.8 Å². The maximum atomic E-state index is 11.4. The van der Waals surface area contributed by atoms with Crippen LogP contribution in [0.15, 0.2) is 24.3 Å². The molecule has 1 aliphatic rings. The quantitative estimate of drug-likeness (QED) is 0.580. The number of primary amides is 1. The highest BCUT2D eigenvalue weighted by Crippen LogP contribution is 2.30. The van der Waals surface area contributed by atoms with Crippen molar-refractivity contribution in [3.8, 4) is 6.01 Å². The van der Waals surface area contributed by atoms with E-state index < -0.39 is 0 Å². The van der Waals surface area contributed by atoms with E-state index in [9.17, 15) is 4.79 Å². The van der Waals surface area contributed by atoms with Gasteiger partial charge < -0.3 is 15.4 Å². The van der Waals surface area contributed by atoms with Crippen molar-refractivity contribution in [2.24, 2.45) is 17.1 Å². The number of hydrogen-bond acceptors (Lipinski definition) is 7. The molecule has 3 heterocycles. The predicted molar refractivity (Wildman–Crippen MR) is 123 cm³/mol. The van der Waals surface area contributed by atoms with Gasteiger partial charge in [0.15, 0.2) is 11.3 Å². The number of rotatable bonds is 7. The molecule has 1 fully saturated rings. The SMILES string of the molecule is CC(C)(C)COc1nc(N2CC[C@@H](CC(N)=O)C2)c2nn(Cc3ccccc3Cl)nc2n1. The third-order valence-electron chi connectivity index (χ3n) is 5.23. The maximum absolute atomic E-state index is 11.4. The molecule has 0 aliphatic carbocycles. The van der Waals surface area contributed by atoms with Crippen LogP contribution in [0.1, 0.15) is 39.2 Å². The second-order valence-electron chi connectivity index (χ2n) is 9.44. The van der Waals surface area contributed by atoms with Gasteiger partial charge in [0.05, 0.1) is 13.2 Å². The number of carbonyl (C=O) groups is 1. The Morgan fingerprint density at radius 1 is 1.25 bits per heavy atom. The second kappa shape index (κ2) is 8.90. The second-order valence-corrected chi connectivity index (χ2v) is 9.85. The molecule has 1 amide bonds. The Balaban J connectivity index is 1.68. The van der Waals surface area contributed by atoms with Crippen molar-refractivity contribution in [2.75, 3.05) is 24.6 Å². The summed E-state index contributed by atoms with van der Waals surface area (Å²) >= 11 is 6.31. The van der Waals surface area contributed by atoms with Gasteiger partial charge in [-0.25, -0.2) is 0 Å². The normalized spacial score (nSPS) is 16.6. The summed E-state index contributed by atoms with van der Waals surface area (Å²) in [6, 6.07) is 7.86. The number of fused-ring (bicyclic) bond motifs is 1. The minimum Gasteiger partial charge on any atom is -0.463 e. The van der Waals surface area contributed by atoms with Gasteiger partial charge in [-0.15, -0.1) is 10.2 Å². The first-order valence-electron chi connectivity index (χ1n) is 10.7. The number of ether oxygens (including phenoxy) is 1. The van der Waals surface area contributed by atoms with E-state index in [0.717, 1.165) is 18.5 Å². The van der Waals surface area contributed by atoms with Gasteiger partial charge >= 0.3 is 6.01 Å². The van der Waals surface area contributed by atoms with Crippen LogP contribution in [0, 0.1) is 11.3 Å². The van der Waals surface area contributed by atoms with Crippen molar-refractivity contribution < 1.29 is 9.53 Å². The topological polar surface area (TPSA) is 112 Å². The van der Waals surface area contributed by atoms with Gasteiger partial charge in [-0.3, -0.25) is 4.79 Å². The lowest BCUT2D eigenvalue weighted by Crippen LogP contribution is -2.24. The van der Waals surface area contributed by atoms with E-state index in [1.54, 1.807) is 4.80 Å². The molecule has 0 radical (unpaired) electrons. The van der Waals surface area contributed by atoms with Gasteiger partial charge in [-0.1, -0.05) is 50.6 Å². The van der Waals surface area contributed by atoms with Crippen molar-refractivity contribution in [3.05, 3.63) is 34.9 Å². The van der Waals surface area contributed by atoms with E-state index >= 15 is 0 Å². The molecule has 1 atom stereocenters. The number of amides is 1. The Morgan fingerprint density at radius 2 is 2.03 bits per heavy atom. The molecule has 170 valence electrons. The zero-order valence-corrected chi connectivity index (χ0v) is 19.3. The summed E-state index contributed by atoms with van der Waals surface area (Å²) < 4.78 is 5.90. The molecular formula is C22H28ClN7O2. The summed E-state index contributed by atoms with van der Waals surface area (Å²) in [6.07, 6.45) is 1.22. The van der Waals surface area contributed by atoms with Crippen molar-refractivity contribution >= 4 is 34.5 Å². The molecule has 0 saturated carbocycles. The number of nitrogens with two attached hydrogens (primary N) is 1. The summed E-state index contributed by atoms with van der Waals surface area (Å²) in [5.74, 6) is 0.565. The number of benzene rings is 1. The number of carbonyl (C=O) groups excluding carboxylic acids is 1. The summed E-state index contributed by atoms with van der Waals surface area (Å²) in [4.78, 5) is 24.2. The Hall–Kier alpha value is -2.94. The van der Waals surface area contributed by atoms with Gasteiger partial charge in [0.2, 0.25) is 11.6 Å². The van der Waals surface area contributed by atoms with Crippen LogP contribution in [0.5, 0.6) is 6.01 Å². The highest BCUT2D eigenvalue weighted by molar-refractivity contribution is 6.31. The van der Waals surface area contributed by atoms with Crippen LogP contribution in [0.25, 0.3) is 11.2 Å². The Bertz CT molecular complexity index is 1130. The van der Waals surface area contributed by atoms with E-state index in [-0.39, 0.29) is 23.3 Å². The smallest absolute Gasteiger partial charge is 0.320 e. The largest absolute Gasteiger partial charge is 0.463 e. The lowest BCUT2D eigenvalue weighted by atomic mass is 9.99. The lowest BCUT2D eigenvalue weighted by molar-refractivity contribution is -0.118. The fraction of sp³-hybridized carbons (Fsp3) is 0.500. The van der Waals surface area contributed by atoms with Crippen molar-refractivity contribution in [3.63, 3.8) is 0 Å². The lowest BCUT2D eigenvalue weighted by Gasteiger charge is -2.20. The van der Waals surface area contributed by atoms with Gasteiger partial charge in [0, 0.05) is 24.5 Å². The van der Waals surface area contributed by atoms with Crippen LogP contribution < -0.4 is 15.4 Å². The van der Waals surface area contributed by atoms with Gasteiger partial charge in [-0.2, -0.15) is 14.8 Å². The zero-order chi connectivity index (χ0) is 22.9. The Morgan fingerprint density at radius 3 is 2.75 bits per heavy atom. The highest BCUT2D eigenvalue weighted by atomic mass is 35.5. The van der Waals surface area contributed by atoms with Crippen LogP contribution in [0.4, 0.5) is 5.82 Å². The molecule has 2 aromatic heterocycles. The zero-order valence-electron chi connectivity index (χ0n) is 18.6. The fourth-order valence-corrected chi connectivity index (χ4v) is 3.91. The molecule has 4 rings (SSSR count). The van der Waals surface area contributed by atoms with Crippen LogP contribution in [-0.4, -0.2) is 50.6 Å². The van der Waals surface area contributed by atoms with E-state index in [1.165, 1.54) is 0 Å². The van der Waals surface area contributed by atoms with Crippen LogP contribution in [0.3, 0.4) is 0 Å². The molecule has 1 saturated heterocycles. The number of halogens is 1. The third kappa shape index (κ3) is 5.27. The Kier molecular flexibility index (Phi) is 6.19. The van der Waals surface area contributed by atoms with Crippen molar-refractivity contribution in [2.45, 2.75) is 40.2 Å². The first-order chi connectivity index (χ1) is 15.2. The molecule has 0 unspecified atom stereocenters. The molecule has 0 bridgehead atoms. The molecule has 0 spiro atoms. The minimum absolute atomic E-state index is 0.0413. The molecule has 2 N–H and O–H groups in total. The first kappa shape index (κ1) is 22.3. The molecule has 1 aliphatic heterocycles. The summed E-state index contributed by atoms with van der Waals surface area (Å²) in [5, 5.41) is 9.89. The third-order valence-corrected chi connectivity index (χ3v) is 5.60.